The van der Waals surface area contributed by atoms with Crippen LogP contribution in [0, 0.1) is 0 Å². The molecule has 0 radical (unpaired) electrons. The molecule has 0 aliphatic carbocycles. The van der Waals surface area contributed by atoms with E-state index in [9.17, 15) is 14.7 Å². The summed E-state index contributed by atoms with van der Waals surface area (Å²) in [4.78, 5) is 26.4. The predicted octanol–water partition coefficient (Wildman–Crippen LogP) is 2.76. The number of carbonyl (C=O) groups is 2. The number of carboxylic acids is 1. The van der Waals surface area contributed by atoms with Gasteiger partial charge in [0.1, 0.15) is 11.8 Å². The van der Waals surface area contributed by atoms with Gasteiger partial charge in [-0.15, -0.1) is 11.8 Å². The molecule has 6 nitrogen and oxygen atoms in total. The van der Waals surface area contributed by atoms with Crippen molar-refractivity contribution in [2.75, 3.05) is 27.2 Å². The fourth-order valence-electron chi connectivity index (χ4n) is 3.34. The minimum atomic E-state index is -0.953. The number of piperidine rings is 1. The van der Waals surface area contributed by atoms with E-state index in [-0.39, 0.29) is 5.91 Å². The van der Waals surface area contributed by atoms with Crippen LogP contribution in [0.2, 0.25) is 0 Å². The largest absolute Gasteiger partial charge is 0.497 e. The Bertz CT molecular complexity index is 627. The number of carbonyl (C=O) groups excluding carboxylic acids is 1. The Hall–Kier alpha value is -1.73. The van der Waals surface area contributed by atoms with Crippen molar-refractivity contribution in [3.05, 3.63) is 29.8 Å². The highest BCUT2D eigenvalue weighted by atomic mass is 32.2. The summed E-state index contributed by atoms with van der Waals surface area (Å²) in [6.07, 6.45) is 2.51. The van der Waals surface area contributed by atoms with Gasteiger partial charge in [0.2, 0.25) is 5.91 Å². The van der Waals surface area contributed by atoms with Crippen LogP contribution in [0.1, 0.15) is 38.2 Å². The first-order valence-corrected chi connectivity index (χ1v) is 10.4. The highest BCUT2D eigenvalue weighted by molar-refractivity contribution is 8.00. The molecule has 0 spiro atoms. The lowest BCUT2D eigenvalue weighted by Gasteiger charge is -2.44. The molecule has 1 aliphatic heterocycles. The van der Waals surface area contributed by atoms with Crippen molar-refractivity contribution in [1.29, 1.82) is 0 Å². The average Bonchev–Trinajstić information content (AvgIpc) is 2.66. The van der Waals surface area contributed by atoms with E-state index in [1.165, 1.54) is 0 Å². The quantitative estimate of drug-likeness (QED) is 0.671. The summed E-state index contributed by atoms with van der Waals surface area (Å²) in [6.45, 7) is 3.56. The lowest BCUT2D eigenvalue weighted by molar-refractivity contribution is -0.143. The first-order chi connectivity index (χ1) is 12.9. The molecule has 2 rings (SSSR count). The van der Waals surface area contributed by atoms with Crippen LogP contribution in [0.5, 0.6) is 5.75 Å². The summed E-state index contributed by atoms with van der Waals surface area (Å²) in [6, 6.07) is 6.94. The van der Waals surface area contributed by atoms with E-state index in [4.69, 9.17) is 4.74 Å². The maximum absolute atomic E-state index is 12.1. The van der Waals surface area contributed by atoms with E-state index in [0.29, 0.717) is 18.6 Å². The number of methoxy groups -OCH3 is 1. The second kappa shape index (κ2) is 9.99. The van der Waals surface area contributed by atoms with Gasteiger partial charge in [-0.2, -0.15) is 0 Å². The van der Waals surface area contributed by atoms with Crippen LogP contribution >= 0.6 is 11.8 Å². The minimum absolute atomic E-state index is 0.187. The lowest BCUT2D eigenvalue weighted by Crippen LogP contribution is -2.59. The molecule has 7 heteroatoms. The van der Waals surface area contributed by atoms with Crippen molar-refractivity contribution in [2.45, 2.75) is 49.1 Å². The fraction of sp³-hybridized carbons (Fsp3) is 0.600. The highest BCUT2D eigenvalue weighted by Gasteiger charge is 2.46. The molecule has 1 atom stereocenters. The smallest absolute Gasteiger partial charge is 0.327 e. The zero-order chi connectivity index (χ0) is 19.9. The first-order valence-electron chi connectivity index (χ1n) is 9.38. The molecule has 150 valence electrons. The van der Waals surface area contributed by atoms with Crippen LogP contribution in [0.3, 0.4) is 0 Å². The fourth-order valence-corrected chi connectivity index (χ4v) is 4.78. The number of amides is 1. The molecular weight excluding hydrogens is 364 g/mol. The van der Waals surface area contributed by atoms with Crippen molar-refractivity contribution in [3.63, 3.8) is 0 Å². The number of nitrogens with zero attached hydrogens (tertiary/aromatic N) is 1. The third-order valence-electron chi connectivity index (χ3n) is 5.07. The Balaban J connectivity index is 2.18. The van der Waals surface area contributed by atoms with Crippen LogP contribution in [-0.4, -0.2) is 59.9 Å². The molecule has 27 heavy (non-hydrogen) atoms. The maximum atomic E-state index is 12.1. The third-order valence-corrected chi connectivity index (χ3v) is 6.77. The number of ether oxygens (including phenoxy) is 1. The Morgan fingerprint density at radius 1 is 1.30 bits per heavy atom. The summed E-state index contributed by atoms with van der Waals surface area (Å²) < 4.78 is 4.68. The van der Waals surface area contributed by atoms with Crippen LogP contribution in [0.4, 0.5) is 0 Å². The van der Waals surface area contributed by atoms with Crippen molar-refractivity contribution >= 4 is 23.6 Å². The van der Waals surface area contributed by atoms with Crippen molar-refractivity contribution in [2.24, 2.45) is 0 Å². The Labute approximate surface area is 165 Å². The van der Waals surface area contributed by atoms with Gasteiger partial charge >= 0.3 is 5.97 Å². The molecule has 1 amide bonds. The number of carboxylic acid groups (broad SMARTS) is 1. The zero-order valence-electron chi connectivity index (χ0n) is 16.4. The number of hydrogen-bond acceptors (Lipinski definition) is 5. The number of rotatable bonds is 9. The molecule has 1 fully saturated rings. The Morgan fingerprint density at radius 2 is 1.93 bits per heavy atom. The SMILES string of the molecule is CCCC(=O)NC(C(=O)O)C1(SCc2ccc(OC)cc2)CCN(C)CC1. The minimum Gasteiger partial charge on any atom is -0.497 e. The second-order valence-corrected chi connectivity index (χ2v) is 8.48. The monoisotopic (exact) mass is 394 g/mol. The summed E-state index contributed by atoms with van der Waals surface area (Å²) in [5.74, 6) is 0.355. The van der Waals surface area contributed by atoms with Crippen LogP contribution in [0.25, 0.3) is 0 Å². The molecule has 2 N–H and O–H groups in total. The molecule has 1 unspecified atom stereocenters. The van der Waals surface area contributed by atoms with Gasteiger partial charge in [0.05, 0.1) is 7.11 Å². The molecular formula is C20H30N2O4S. The summed E-state index contributed by atoms with van der Waals surface area (Å²) >= 11 is 1.65. The van der Waals surface area contributed by atoms with Crippen molar-refractivity contribution in [1.82, 2.24) is 10.2 Å². The molecule has 1 heterocycles. The summed E-state index contributed by atoms with van der Waals surface area (Å²) in [5, 5.41) is 12.7. The number of aliphatic carboxylic acids is 1. The average molecular weight is 395 g/mol. The van der Waals surface area contributed by atoms with Gasteiger partial charge in [-0.25, -0.2) is 4.79 Å². The van der Waals surface area contributed by atoms with E-state index < -0.39 is 16.8 Å². The van der Waals surface area contributed by atoms with Gasteiger partial charge in [0.15, 0.2) is 0 Å². The normalized spacial score (nSPS) is 17.9. The van der Waals surface area contributed by atoms with E-state index in [1.807, 2.05) is 38.2 Å². The summed E-state index contributed by atoms with van der Waals surface area (Å²) in [5.41, 5.74) is 1.11. The Kier molecular flexibility index (Phi) is 7.98. The van der Waals surface area contributed by atoms with E-state index in [0.717, 1.165) is 37.2 Å². The first kappa shape index (κ1) is 21.6. The molecule has 0 bridgehead atoms. The standard InChI is InChI=1S/C20H30N2O4S/c1-4-5-17(23)21-18(19(24)25)20(10-12-22(2)13-11-20)27-14-15-6-8-16(26-3)9-7-15/h6-9,18H,4-5,10-14H2,1-3H3,(H,21,23)(H,24,25). The topological polar surface area (TPSA) is 78.9 Å². The predicted molar refractivity (Wildman–Crippen MR) is 108 cm³/mol. The van der Waals surface area contributed by atoms with Gasteiger partial charge in [-0.3, -0.25) is 4.79 Å². The highest BCUT2D eigenvalue weighted by Crippen LogP contribution is 2.41. The number of benzene rings is 1. The van der Waals surface area contributed by atoms with Crippen LogP contribution in [0.15, 0.2) is 24.3 Å². The van der Waals surface area contributed by atoms with Gasteiger partial charge in [0, 0.05) is 16.9 Å². The lowest BCUT2D eigenvalue weighted by atomic mass is 9.88. The second-order valence-electron chi connectivity index (χ2n) is 7.09. The third kappa shape index (κ3) is 5.87. The van der Waals surface area contributed by atoms with Crippen LogP contribution < -0.4 is 10.1 Å². The van der Waals surface area contributed by atoms with E-state index >= 15 is 0 Å². The molecule has 0 saturated carbocycles. The van der Waals surface area contributed by atoms with Gasteiger partial charge in [0.25, 0.3) is 0 Å². The molecule has 0 aromatic heterocycles. The molecule has 1 aromatic rings. The van der Waals surface area contributed by atoms with Gasteiger partial charge in [-0.1, -0.05) is 19.1 Å². The number of hydrogen-bond donors (Lipinski definition) is 2. The van der Waals surface area contributed by atoms with E-state index in [2.05, 4.69) is 10.2 Å². The van der Waals surface area contributed by atoms with Gasteiger partial charge < -0.3 is 20.1 Å². The van der Waals surface area contributed by atoms with Gasteiger partial charge in [-0.05, 0) is 57.1 Å². The van der Waals surface area contributed by atoms with Crippen LogP contribution in [-0.2, 0) is 15.3 Å². The number of nitrogens with one attached hydrogen (secondary N) is 1. The van der Waals surface area contributed by atoms with Crippen molar-refractivity contribution < 1.29 is 19.4 Å². The Morgan fingerprint density at radius 3 is 2.44 bits per heavy atom. The molecule has 1 aliphatic rings. The zero-order valence-corrected chi connectivity index (χ0v) is 17.2. The van der Waals surface area contributed by atoms with Crippen molar-refractivity contribution in [3.8, 4) is 5.75 Å². The number of likely N-dealkylation sites (tertiary alicyclic amines) is 1. The van der Waals surface area contributed by atoms with E-state index in [1.54, 1.807) is 18.9 Å². The maximum Gasteiger partial charge on any atom is 0.327 e. The summed E-state index contributed by atoms with van der Waals surface area (Å²) in [7, 11) is 3.68. The number of thioether (sulfide) groups is 1. The molecule has 1 aromatic carbocycles. The molecule has 1 saturated heterocycles.